The molecule has 0 saturated heterocycles. The van der Waals surface area contributed by atoms with E-state index in [0.717, 1.165) is 12.8 Å². The summed E-state index contributed by atoms with van der Waals surface area (Å²) in [6, 6.07) is -0.917. The summed E-state index contributed by atoms with van der Waals surface area (Å²) < 4.78 is 0. The minimum atomic E-state index is -1.06. The Morgan fingerprint density at radius 3 is 2.64 bits per heavy atom. The van der Waals surface area contributed by atoms with Crippen LogP contribution in [0.3, 0.4) is 0 Å². The largest absolute Gasteiger partial charge is 0.480 e. The third-order valence-electron chi connectivity index (χ3n) is 3.32. The maximum Gasteiger partial charge on any atom is 0.326 e. The monoisotopic (exact) mass is 325 g/mol. The molecule has 0 aromatic carbocycles. The third kappa shape index (κ3) is 4.52. The van der Waals surface area contributed by atoms with Crippen molar-refractivity contribution in [1.82, 2.24) is 10.3 Å². The molecule has 1 fully saturated rings. The molecule has 2 amide bonds. The summed E-state index contributed by atoms with van der Waals surface area (Å²) in [4.78, 5) is 38.7. The van der Waals surface area contributed by atoms with E-state index in [-0.39, 0.29) is 24.2 Å². The van der Waals surface area contributed by atoms with Gasteiger partial charge in [0, 0.05) is 11.3 Å². The first kappa shape index (κ1) is 16.4. The highest BCUT2D eigenvalue weighted by Gasteiger charge is 2.30. The van der Waals surface area contributed by atoms with Gasteiger partial charge in [-0.15, -0.1) is 11.3 Å². The number of aromatic nitrogens is 1. The average Bonchev–Trinajstić information content (AvgIpc) is 3.19. The average molecular weight is 325 g/mol. The van der Waals surface area contributed by atoms with Crippen molar-refractivity contribution in [3.63, 3.8) is 0 Å². The number of carbonyl (C=O) groups excluding carboxylic acids is 2. The molecule has 1 atom stereocenters. The van der Waals surface area contributed by atoms with Crippen molar-refractivity contribution in [3.8, 4) is 0 Å². The number of aliphatic carboxylic acids is 1. The van der Waals surface area contributed by atoms with Crippen molar-refractivity contribution < 1.29 is 19.5 Å². The highest BCUT2D eigenvalue weighted by atomic mass is 32.1. The number of carboxylic acids is 1. The summed E-state index contributed by atoms with van der Waals surface area (Å²) in [5, 5.41) is 16.4. The number of carboxylic acid groups (broad SMARTS) is 1. The molecular formula is C14H19N3O4S. The molecule has 1 aliphatic rings. The summed E-state index contributed by atoms with van der Waals surface area (Å²) in [5.41, 5.74) is 0.515. The molecule has 0 radical (unpaired) electrons. The van der Waals surface area contributed by atoms with Crippen molar-refractivity contribution in [2.24, 2.45) is 11.8 Å². The van der Waals surface area contributed by atoms with E-state index in [1.807, 2.05) is 0 Å². The van der Waals surface area contributed by atoms with Crippen LogP contribution < -0.4 is 10.6 Å². The second kappa shape index (κ2) is 6.87. The Morgan fingerprint density at radius 1 is 1.41 bits per heavy atom. The fourth-order valence-electron chi connectivity index (χ4n) is 1.90. The van der Waals surface area contributed by atoms with Crippen LogP contribution in [-0.4, -0.2) is 33.9 Å². The molecule has 1 aromatic heterocycles. The molecule has 0 spiro atoms. The topological polar surface area (TPSA) is 108 Å². The van der Waals surface area contributed by atoms with E-state index in [1.165, 1.54) is 11.3 Å². The molecule has 22 heavy (non-hydrogen) atoms. The Bertz CT molecular complexity index is 580. The van der Waals surface area contributed by atoms with Crippen LogP contribution in [0.25, 0.3) is 0 Å². The highest BCUT2D eigenvalue weighted by molar-refractivity contribution is 7.13. The zero-order valence-electron chi connectivity index (χ0n) is 12.5. The minimum absolute atomic E-state index is 0.00764. The smallest absolute Gasteiger partial charge is 0.326 e. The lowest BCUT2D eigenvalue weighted by molar-refractivity contribution is -0.143. The van der Waals surface area contributed by atoms with E-state index in [0.29, 0.717) is 10.8 Å². The van der Waals surface area contributed by atoms with Gasteiger partial charge < -0.3 is 15.7 Å². The molecule has 3 N–H and O–H groups in total. The quantitative estimate of drug-likeness (QED) is 0.699. The van der Waals surface area contributed by atoms with E-state index in [4.69, 9.17) is 5.11 Å². The molecule has 120 valence electrons. The summed E-state index contributed by atoms with van der Waals surface area (Å²) >= 11 is 1.26. The van der Waals surface area contributed by atoms with Gasteiger partial charge in [0.05, 0.1) is 12.1 Å². The number of rotatable bonds is 7. The zero-order chi connectivity index (χ0) is 16.3. The predicted molar refractivity (Wildman–Crippen MR) is 81.6 cm³/mol. The molecule has 7 nitrogen and oxygen atoms in total. The SMILES string of the molecule is CC(C)C(NC(=O)Cc1csc(NC(=O)C2CC2)n1)C(=O)O. The van der Waals surface area contributed by atoms with Crippen molar-refractivity contribution >= 4 is 34.3 Å². The van der Waals surface area contributed by atoms with Crippen LogP contribution in [0.15, 0.2) is 5.38 Å². The van der Waals surface area contributed by atoms with Gasteiger partial charge in [0.1, 0.15) is 6.04 Å². The van der Waals surface area contributed by atoms with Gasteiger partial charge in [-0.05, 0) is 18.8 Å². The lowest BCUT2D eigenvalue weighted by Crippen LogP contribution is -2.44. The Kier molecular flexibility index (Phi) is 5.12. The highest BCUT2D eigenvalue weighted by Crippen LogP contribution is 2.30. The van der Waals surface area contributed by atoms with Crippen molar-refractivity contribution in [1.29, 1.82) is 0 Å². The van der Waals surface area contributed by atoms with Crippen molar-refractivity contribution in [2.75, 3.05) is 5.32 Å². The second-order valence-electron chi connectivity index (χ2n) is 5.71. The normalized spacial score (nSPS) is 15.4. The summed E-state index contributed by atoms with van der Waals surface area (Å²) in [6.45, 7) is 3.46. The number of hydrogen-bond acceptors (Lipinski definition) is 5. The van der Waals surface area contributed by atoms with Crippen molar-refractivity contribution in [2.45, 2.75) is 39.2 Å². The van der Waals surface area contributed by atoms with Crippen molar-refractivity contribution in [3.05, 3.63) is 11.1 Å². The van der Waals surface area contributed by atoms with E-state index in [2.05, 4.69) is 15.6 Å². The zero-order valence-corrected chi connectivity index (χ0v) is 13.3. The van der Waals surface area contributed by atoms with Gasteiger partial charge in [-0.25, -0.2) is 9.78 Å². The molecule has 1 aromatic rings. The Balaban J connectivity index is 1.87. The second-order valence-corrected chi connectivity index (χ2v) is 6.57. The number of carbonyl (C=O) groups is 3. The first-order chi connectivity index (χ1) is 10.4. The molecule has 1 heterocycles. The summed E-state index contributed by atoms with van der Waals surface area (Å²) in [6.07, 6.45) is 1.82. The summed E-state index contributed by atoms with van der Waals surface area (Å²) in [7, 11) is 0. The van der Waals surface area contributed by atoms with Gasteiger partial charge in [-0.2, -0.15) is 0 Å². The molecule has 0 aliphatic heterocycles. The number of nitrogens with one attached hydrogen (secondary N) is 2. The molecule has 0 bridgehead atoms. The predicted octanol–water partition coefficient (Wildman–Crippen LogP) is 1.26. The maximum absolute atomic E-state index is 11.9. The minimum Gasteiger partial charge on any atom is -0.480 e. The number of anilines is 1. The van der Waals surface area contributed by atoms with Crippen LogP contribution in [0, 0.1) is 11.8 Å². The standard InChI is InChI=1S/C14H19N3O4S/c1-7(2)11(13(20)21)16-10(18)5-9-6-22-14(15-9)17-12(19)8-3-4-8/h6-8,11H,3-5H2,1-2H3,(H,16,18)(H,20,21)(H,15,17,19). The molecule has 2 rings (SSSR count). The lowest BCUT2D eigenvalue weighted by atomic mass is 10.0. The van der Waals surface area contributed by atoms with Gasteiger partial charge in [0.2, 0.25) is 11.8 Å². The van der Waals surface area contributed by atoms with Gasteiger partial charge in [-0.1, -0.05) is 13.8 Å². The van der Waals surface area contributed by atoms with Gasteiger partial charge in [-0.3, -0.25) is 9.59 Å². The van der Waals surface area contributed by atoms with Gasteiger partial charge in [0.15, 0.2) is 5.13 Å². The van der Waals surface area contributed by atoms with E-state index in [1.54, 1.807) is 19.2 Å². The Hall–Kier alpha value is -1.96. The number of amides is 2. The van der Waals surface area contributed by atoms with Crippen LogP contribution in [0.4, 0.5) is 5.13 Å². The van der Waals surface area contributed by atoms with Gasteiger partial charge in [0.25, 0.3) is 0 Å². The number of thiazole rings is 1. The Morgan fingerprint density at radius 2 is 2.09 bits per heavy atom. The number of nitrogens with zero attached hydrogens (tertiary/aromatic N) is 1. The van der Waals surface area contributed by atoms with Crippen LogP contribution in [0.2, 0.25) is 0 Å². The van der Waals surface area contributed by atoms with Crippen LogP contribution >= 0.6 is 11.3 Å². The molecule has 1 unspecified atom stereocenters. The summed E-state index contributed by atoms with van der Waals surface area (Å²) in [5.74, 6) is -1.59. The Labute approximate surface area is 132 Å². The van der Waals surface area contributed by atoms with E-state index >= 15 is 0 Å². The van der Waals surface area contributed by atoms with Crippen LogP contribution in [0.5, 0.6) is 0 Å². The third-order valence-corrected chi connectivity index (χ3v) is 4.13. The molecule has 1 saturated carbocycles. The molecular weight excluding hydrogens is 306 g/mol. The molecule has 8 heteroatoms. The fraction of sp³-hybridized carbons (Fsp3) is 0.571. The maximum atomic E-state index is 11.9. The number of hydrogen-bond donors (Lipinski definition) is 3. The lowest BCUT2D eigenvalue weighted by Gasteiger charge is -2.17. The molecule has 1 aliphatic carbocycles. The fourth-order valence-corrected chi connectivity index (χ4v) is 2.61. The first-order valence-electron chi connectivity index (χ1n) is 7.14. The van der Waals surface area contributed by atoms with Crippen LogP contribution in [0.1, 0.15) is 32.4 Å². The first-order valence-corrected chi connectivity index (χ1v) is 8.02. The van der Waals surface area contributed by atoms with E-state index < -0.39 is 17.9 Å². The van der Waals surface area contributed by atoms with E-state index in [9.17, 15) is 14.4 Å². The van der Waals surface area contributed by atoms with Crippen LogP contribution in [-0.2, 0) is 20.8 Å². The van der Waals surface area contributed by atoms with Gasteiger partial charge >= 0.3 is 5.97 Å².